The largest absolute Gasteiger partial charge is 0.469 e. The predicted molar refractivity (Wildman–Crippen MR) is 75.9 cm³/mol. The Bertz CT molecular complexity index is 385. The molecular formula is C15H26N2O3. The van der Waals surface area contributed by atoms with Crippen LogP contribution in [0.25, 0.3) is 0 Å². The van der Waals surface area contributed by atoms with Crippen molar-refractivity contribution >= 4 is 11.9 Å². The molecule has 3 unspecified atom stereocenters. The van der Waals surface area contributed by atoms with Gasteiger partial charge in [0.05, 0.1) is 18.9 Å². The number of methoxy groups -OCH3 is 1. The van der Waals surface area contributed by atoms with E-state index in [-0.39, 0.29) is 24.0 Å². The minimum absolute atomic E-state index is 0.0201. The first-order valence-corrected chi connectivity index (χ1v) is 7.62. The molecule has 5 nitrogen and oxygen atoms in total. The Morgan fingerprint density at radius 1 is 1.30 bits per heavy atom. The van der Waals surface area contributed by atoms with Crippen LogP contribution in [-0.2, 0) is 14.3 Å². The van der Waals surface area contributed by atoms with Gasteiger partial charge in [0.2, 0.25) is 5.91 Å². The third kappa shape index (κ3) is 2.82. The number of hydrogen-bond acceptors (Lipinski definition) is 4. The summed E-state index contributed by atoms with van der Waals surface area (Å²) in [5.74, 6) is -0.105. The molecule has 2 aliphatic rings. The number of nitrogens with zero attached hydrogens (tertiary/aromatic N) is 1. The highest BCUT2D eigenvalue weighted by Crippen LogP contribution is 2.40. The van der Waals surface area contributed by atoms with Crippen molar-refractivity contribution in [3.63, 3.8) is 0 Å². The second-order valence-electron chi connectivity index (χ2n) is 6.34. The highest BCUT2D eigenvalue weighted by molar-refractivity contribution is 5.84. The van der Waals surface area contributed by atoms with E-state index in [9.17, 15) is 9.59 Å². The second kappa shape index (κ2) is 6.12. The number of carbonyl (C=O) groups is 2. The Morgan fingerprint density at radius 3 is 2.65 bits per heavy atom. The normalized spacial score (nSPS) is 34.0. The first-order chi connectivity index (χ1) is 9.49. The summed E-state index contributed by atoms with van der Waals surface area (Å²) in [5, 5.41) is 0. The molecule has 5 heteroatoms. The molecule has 114 valence electrons. The van der Waals surface area contributed by atoms with Crippen molar-refractivity contribution in [3.05, 3.63) is 0 Å². The number of rotatable bonds is 3. The minimum atomic E-state index is -0.453. The monoisotopic (exact) mass is 282 g/mol. The molecule has 1 saturated heterocycles. The maximum atomic E-state index is 12.9. The summed E-state index contributed by atoms with van der Waals surface area (Å²) >= 11 is 0. The molecule has 0 bridgehead atoms. The van der Waals surface area contributed by atoms with Crippen molar-refractivity contribution < 1.29 is 14.3 Å². The lowest BCUT2D eigenvalue weighted by Crippen LogP contribution is -2.54. The summed E-state index contributed by atoms with van der Waals surface area (Å²) in [6.07, 6.45) is 6.04. The van der Waals surface area contributed by atoms with E-state index in [2.05, 4.69) is 0 Å². The number of amides is 1. The van der Waals surface area contributed by atoms with Crippen LogP contribution in [0.4, 0.5) is 0 Å². The van der Waals surface area contributed by atoms with Gasteiger partial charge in [0.1, 0.15) is 0 Å². The van der Waals surface area contributed by atoms with Crippen LogP contribution in [0.3, 0.4) is 0 Å². The van der Waals surface area contributed by atoms with Gasteiger partial charge < -0.3 is 15.4 Å². The van der Waals surface area contributed by atoms with Crippen LogP contribution < -0.4 is 5.73 Å². The van der Waals surface area contributed by atoms with Crippen LogP contribution in [0, 0.1) is 5.41 Å². The summed E-state index contributed by atoms with van der Waals surface area (Å²) < 4.78 is 4.75. The fourth-order valence-corrected chi connectivity index (χ4v) is 3.54. The molecule has 1 aliphatic carbocycles. The average Bonchev–Trinajstić information content (AvgIpc) is 2.79. The van der Waals surface area contributed by atoms with Crippen LogP contribution in [-0.4, -0.2) is 42.5 Å². The molecule has 2 fully saturated rings. The van der Waals surface area contributed by atoms with E-state index in [0.717, 1.165) is 45.1 Å². The van der Waals surface area contributed by atoms with Crippen molar-refractivity contribution in [2.45, 2.75) is 64.0 Å². The fourth-order valence-electron chi connectivity index (χ4n) is 3.54. The van der Waals surface area contributed by atoms with E-state index in [0.29, 0.717) is 6.42 Å². The molecule has 20 heavy (non-hydrogen) atoms. The Kier molecular flexibility index (Phi) is 4.68. The van der Waals surface area contributed by atoms with E-state index in [1.165, 1.54) is 7.11 Å². The number of nitrogens with two attached hydrogens (primary N) is 1. The van der Waals surface area contributed by atoms with Crippen molar-refractivity contribution in [2.75, 3.05) is 13.7 Å². The van der Waals surface area contributed by atoms with Crippen molar-refractivity contribution in [3.8, 4) is 0 Å². The van der Waals surface area contributed by atoms with Gasteiger partial charge in [-0.3, -0.25) is 9.59 Å². The quantitative estimate of drug-likeness (QED) is 0.795. The fraction of sp³-hybridized carbons (Fsp3) is 0.867. The summed E-state index contributed by atoms with van der Waals surface area (Å²) in [4.78, 5) is 26.3. The van der Waals surface area contributed by atoms with Crippen LogP contribution in [0.5, 0.6) is 0 Å². The Balaban J connectivity index is 2.11. The Hall–Kier alpha value is -1.10. The molecule has 0 spiro atoms. The lowest BCUT2D eigenvalue weighted by Gasteiger charge is -2.41. The minimum Gasteiger partial charge on any atom is -0.469 e. The SMILES string of the molecule is COC(=O)CC1CCCCN1C(=O)C1(C)CCCC1N. The highest BCUT2D eigenvalue weighted by Gasteiger charge is 2.46. The number of piperidine rings is 1. The zero-order chi connectivity index (χ0) is 14.8. The summed E-state index contributed by atoms with van der Waals surface area (Å²) in [5.41, 5.74) is 5.70. The Morgan fingerprint density at radius 2 is 2.05 bits per heavy atom. The third-order valence-corrected chi connectivity index (χ3v) is 5.04. The van der Waals surface area contributed by atoms with Gasteiger partial charge in [-0.1, -0.05) is 6.42 Å². The summed E-state index contributed by atoms with van der Waals surface area (Å²) in [6, 6.07) is -0.0796. The average molecular weight is 282 g/mol. The lowest BCUT2D eigenvalue weighted by molar-refractivity contribution is -0.149. The van der Waals surface area contributed by atoms with Crippen LogP contribution >= 0.6 is 0 Å². The van der Waals surface area contributed by atoms with Gasteiger partial charge in [0.25, 0.3) is 0 Å². The lowest BCUT2D eigenvalue weighted by atomic mass is 9.82. The van der Waals surface area contributed by atoms with Crippen LogP contribution in [0.2, 0.25) is 0 Å². The number of esters is 1. The van der Waals surface area contributed by atoms with Gasteiger partial charge in [0.15, 0.2) is 0 Å². The second-order valence-corrected chi connectivity index (χ2v) is 6.34. The smallest absolute Gasteiger partial charge is 0.307 e. The molecule has 1 amide bonds. The molecule has 3 atom stereocenters. The zero-order valence-electron chi connectivity index (χ0n) is 12.6. The van der Waals surface area contributed by atoms with E-state index in [4.69, 9.17) is 10.5 Å². The number of likely N-dealkylation sites (tertiary alicyclic amines) is 1. The molecular weight excluding hydrogens is 256 g/mol. The maximum Gasteiger partial charge on any atom is 0.307 e. The van der Waals surface area contributed by atoms with Gasteiger partial charge in [0, 0.05) is 18.6 Å². The molecule has 0 radical (unpaired) electrons. The number of hydrogen-bond donors (Lipinski definition) is 1. The molecule has 1 saturated carbocycles. The van der Waals surface area contributed by atoms with Crippen molar-refractivity contribution in [2.24, 2.45) is 11.1 Å². The molecule has 1 aliphatic heterocycles. The number of carbonyl (C=O) groups excluding carboxylic acids is 2. The zero-order valence-corrected chi connectivity index (χ0v) is 12.6. The highest BCUT2D eigenvalue weighted by atomic mass is 16.5. The molecule has 1 heterocycles. The summed E-state index contributed by atoms with van der Waals surface area (Å²) in [6.45, 7) is 2.72. The predicted octanol–water partition coefficient (Wildman–Crippen LogP) is 1.45. The van der Waals surface area contributed by atoms with Crippen LogP contribution in [0.1, 0.15) is 51.9 Å². The standard InChI is InChI=1S/C15H26N2O3/c1-15(8-5-7-12(15)16)14(19)17-9-4-3-6-11(17)10-13(18)20-2/h11-12H,3-10,16H2,1-2H3. The van der Waals surface area contributed by atoms with Crippen molar-refractivity contribution in [1.82, 2.24) is 4.90 Å². The van der Waals surface area contributed by atoms with Gasteiger partial charge in [-0.05, 0) is 39.0 Å². The number of ether oxygens (including phenoxy) is 1. The topological polar surface area (TPSA) is 72.6 Å². The maximum absolute atomic E-state index is 12.9. The van der Waals surface area contributed by atoms with Gasteiger partial charge in [-0.15, -0.1) is 0 Å². The van der Waals surface area contributed by atoms with Gasteiger partial charge in [-0.2, -0.15) is 0 Å². The van der Waals surface area contributed by atoms with E-state index >= 15 is 0 Å². The first kappa shape index (κ1) is 15.3. The first-order valence-electron chi connectivity index (χ1n) is 7.62. The molecule has 0 aromatic rings. The molecule has 0 aromatic heterocycles. The molecule has 2 N–H and O–H groups in total. The van der Waals surface area contributed by atoms with E-state index in [1.807, 2.05) is 11.8 Å². The van der Waals surface area contributed by atoms with E-state index in [1.54, 1.807) is 0 Å². The van der Waals surface area contributed by atoms with Crippen molar-refractivity contribution in [1.29, 1.82) is 0 Å². The molecule has 2 rings (SSSR count). The van der Waals surface area contributed by atoms with Gasteiger partial charge in [-0.25, -0.2) is 0 Å². The van der Waals surface area contributed by atoms with Crippen LogP contribution in [0.15, 0.2) is 0 Å². The third-order valence-electron chi connectivity index (χ3n) is 5.04. The van der Waals surface area contributed by atoms with E-state index < -0.39 is 5.41 Å². The summed E-state index contributed by atoms with van der Waals surface area (Å²) in [7, 11) is 1.39. The molecule has 0 aromatic carbocycles. The Labute approximate surface area is 120 Å². The van der Waals surface area contributed by atoms with Gasteiger partial charge >= 0.3 is 5.97 Å².